The molecule has 4 nitrogen and oxygen atoms in total. The second kappa shape index (κ2) is 5.80. The fraction of sp³-hybridized carbons (Fsp3) is 0.600. The summed E-state index contributed by atoms with van der Waals surface area (Å²) in [6.45, 7) is 6.39. The van der Waals surface area contributed by atoms with E-state index in [0.29, 0.717) is 0 Å². The van der Waals surface area contributed by atoms with E-state index in [0.717, 1.165) is 37.7 Å². The van der Waals surface area contributed by atoms with Crippen LogP contribution < -0.4 is 14.8 Å². The van der Waals surface area contributed by atoms with E-state index >= 15 is 0 Å². The highest BCUT2D eigenvalue weighted by Crippen LogP contribution is 2.32. The molecule has 1 saturated heterocycles. The van der Waals surface area contributed by atoms with Crippen LogP contribution in [0.5, 0.6) is 11.5 Å². The Hall–Kier alpha value is -1.26. The fourth-order valence-electron chi connectivity index (χ4n) is 2.71. The van der Waals surface area contributed by atoms with E-state index in [2.05, 4.69) is 36.3 Å². The van der Waals surface area contributed by atoms with Gasteiger partial charge in [0.1, 0.15) is 11.5 Å². The van der Waals surface area contributed by atoms with Crippen LogP contribution in [-0.4, -0.2) is 52.3 Å². The van der Waals surface area contributed by atoms with Crippen LogP contribution in [-0.2, 0) is 5.41 Å². The van der Waals surface area contributed by atoms with Crippen molar-refractivity contribution < 1.29 is 9.47 Å². The molecular formula is C15H24N2O2. The quantitative estimate of drug-likeness (QED) is 0.897. The van der Waals surface area contributed by atoms with Crippen LogP contribution in [0.25, 0.3) is 0 Å². The van der Waals surface area contributed by atoms with Crippen LogP contribution in [0, 0.1) is 0 Å². The third kappa shape index (κ3) is 3.19. The van der Waals surface area contributed by atoms with Crippen molar-refractivity contribution in [2.24, 2.45) is 0 Å². The van der Waals surface area contributed by atoms with Crippen molar-refractivity contribution in [1.82, 2.24) is 10.2 Å². The summed E-state index contributed by atoms with van der Waals surface area (Å²) >= 11 is 0. The van der Waals surface area contributed by atoms with E-state index in [4.69, 9.17) is 9.47 Å². The summed E-state index contributed by atoms with van der Waals surface area (Å²) in [7, 11) is 5.55. The van der Waals surface area contributed by atoms with Crippen molar-refractivity contribution in [2.45, 2.75) is 12.3 Å². The number of hydrogen-bond acceptors (Lipinski definition) is 4. The highest BCUT2D eigenvalue weighted by atomic mass is 16.5. The van der Waals surface area contributed by atoms with Crippen LogP contribution in [0.4, 0.5) is 0 Å². The highest BCUT2D eigenvalue weighted by Gasteiger charge is 2.30. The van der Waals surface area contributed by atoms with Gasteiger partial charge in [-0.2, -0.15) is 0 Å². The normalized spacial score (nSPS) is 24.8. The maximum Gasteiger partial charge on any atom is 0.122 e. The van der Waals surface area contributed by atoms with Gasteiger partial charge < -0.3 is 19.7 Å². The largest absolute Gasteiger partial charge is 0.497 e. The van der Waals surface area contributed by atoms with Gasteiger partial charge in [-0.25, -0.2) is 0 Å². The molecule has 0 aromatic heterocycles. The summed E-state index contributed by atoms with van der Waals surface area (Å²) in [4.78, 5) is 2.37. The first kappa shape index (κ1) is 14.2. The van der Waals surface area contributed by atoms with Gasteiger partial charge in [-0.15, -0.1) is 0 Å². The zero-order chi connectivity index (χ0) is 13.9. The van der Waals surface area contributed by atoms with Crippen LogP contribution >= 0.6 is 0 Å². The lowest BCUT2D eigenvalue weighted by molar-refractivity contribution is 0.288. The fourth-order valence-corrected chi connectivity index (χ4v) is 2.71. The first-order valence-corrected chi connectivity index (χ1v) is 6.70. The molecule has 0 amide bonds. The van der Waals surface area contributed by atoms with Gasteiger partial charge in [-0.1, -0.05) is 6.92 Å². The van der Waals surface area contributed by atoms with Gasteiger partial charge in [0, 0.05) is 37.7 Å². The summed E-state index contributed by atoms with van der Waals surface area (Å²) < 4.78 is 10.8. The van der Waals surface area contributed by atoms with E-state index in [-0.39, 0.29) is 5.41 Å². The number of hydrogen-bond donors (Lipinski definition) is 1. The number of likely N-dealkylation sites (N-methyl/N-ethyl adjacent to an activating group) is 1. The molecule has 19 heavy (non-hydrogen) atoms. The van der Waals surface area contributed by atoms with E-state index < -0.39 is 0 Å². The molecule has 4 heteroatoms. The molecule has 1 fully saturated rings. The van der Waals surface area contributed by atoms with Crippen LogP contribution in [0.1, 0.15) is 12.5 Å². The summed E-state index contributed by atoms with van der Waals surface area (Å²) in [6, 6.07) is 6.15. The third-order valence-corrected chi connectivity index (χ3v) is 3.85. The molecule has 1 unspecified atom stereocenters. The van der Waals surface area contributed by atoms with Crippen molar-refractivity contribution in [2.75, 3.05) is 47.4 Å². The van der Waals surface area contributed by atoms with Gasteiger partial charge in [0.2, 0.25) is 0 Å². The average Bonchev–Trinajstić information content (AvgIpc) is 2.60. The molecule has 106 valence electrons. The number of rotatable bonds is 3. The van der Waals surface area contributed by atoms with Crippen molar-refractivity contribution in [3.8, 4) is 11.5 Å². The smallest absolute Gasteiger partial charge is 0.122 e. The summed E-state index contributed by atoms with van der Waals surface area (Å²) in [6.07, 6.45) is 0. The molecule has 0 saturated carbocycles. The molecule has 2 rings (SSSR count). The van der Waals surface area contributed by atoms with Crippen molar-refractivity contribution in [1.29, 1.82) is 0 Å². The zero-order valence-corrected chi connectivity index (χ0v) is 12.3. The maximum atomic E-state index is 5.38. The van der Waals surface area contributed by atoms with E-state index in [1.54, 1.807) is 14.2 Å². The average molecular weight is 264 g/mol. The topological polar surface area (TPSA) is 33.7 Å². The lowest BCUT2D eigenvalue weighted by Gasteiger charge is -2.32. The molecular weight excluding hydrogens is 240 g/mol. The Morgan fingerprint density at radius 1 is 1.16 bits per heavy atom. The Morgan fingerprint density at radius 2 is 1.79 bits per heavy atom. The number of nitrogens with one attached hydrogen (secondary N) is 1. The molecule has 1 aromatic carbocycles. The van der Waals surface area contributed by atoms with Gasteiger partial charge in [0.25, 0.3) is 0 Å². The molecule has 1 atom stereocenters. The predicted octanol–water partition coefficient (Wildman–Crippen LogP) is 1.50. The number of ether oxygens (including phenoxy) is 2. The van der Waals surface area contributed by atoms with Crippen LogP contribution in [0.3, 0.4) is 0 Å². The minimum atomic E-state index is 0.0626. The number of benzene rings is 1. The highest BCUT2D eigenvalue weighted by molar-refractivity contribution is 5.42. The molecule has 0 bridgehead atoms. The molecule has 1 aliphatic rings. The first-order chi connectivity index (χ1) is 9.07. The Labute approximate surface area is 115 Å². The monoisotopic (exact) mass is 264 g/mol. The minimum absolute atomic E-state index is 0.0626. The molecule has 0 radical (unpaired) electrons. The lowest BCUT2D eigenvalue weighted by Crippen LogP contribution is -2.39. The summed E-state index contributed by atoms with van der Waals surface area (Å²) in [5, 5.41) is 3.52. The first-order valence-electron chi connectivity index (χ1n) is 6.70. The van der Waals surface area contributed by atoms with E-state index in [1.807, 2.05) is 6.07 Å². The SMILES string of the molecule is COc1cc(OC)cc(C2(C)CNCCN(C)C2)c1. The lowest BCUT2D eigenvalue weighted by atomic mass is 9.82. The predicted molar refractivity (Wildman–Crippen MR) is 77.3 cm³/mol. The van der Waals surface area contributed by atoms with Crippen LogP contribution in [0.15, 0.2) is 18.2 Å². The number of methoxy groups -OCH3 is 2. The van der Waals surface area contributed by atoms with Gasteiger partial charge in [-0.05, 0) is 24.7 Å². The second-order valence-corrected chi connectivity index (χ2v) is 5.58. The van der Waals surface area contributed by atoms with Crippen LogP contribution in [0.2, 0.25) is 0 Å². The maximum absolute atomic E-state index is 5.38. The molecule has 0 aliphatic carbocycles. The van der Waals surface area contributed by atoms with Crippen molar-refractivity contribution in [3.63, 3.8) is 0 Å². The number of nitrogens with zero attached hydrogens (tertiary/aromatic N) is 1. The van der Waals surface area contributed by atoms with E-state index in [9.17, 15) is 0 Å². The van der Waals surface area contributed by atoms with Gasteiger partial charge in [0.15, 0.2) is 0 Å². The molecule has 1 N–H and O–H groups in total. The van der Waals surface area contributed by atoms with Gasteiger partial charge in [-0.3, -0.25) is 0 Å². The zero-order valence-electron chi connectivity index (χ0n) is 12.3. The van der Waals surface area contributed by atoms with Crippen molar-refractivity contribution >= 4 is 0 Å². The second-order valence-electron chi connectivity index (χ2n) is 5.58. The minimum Gasteiger partial charge on any atom is -0.497 e. The molecule has 1 aliphatic heterocycles. The molecule has 1 heterocycles. The molecule has 1 aromatic rings. The summed E-state index contributed by atoms with van der Waals surface area (Å²) in [5.74, 6) is 1.70. The standard InChI is InChI=1S/C15H24N2O2/c1-15(10-16-5-6-17(2)11-15)12-7-13(18-3)9-14(8-12)19-4/h7-9,16H,5-6,10-11H2,1-4H3. The van der Waals surface area contributed by atoms with Gasteiger partial charge >= 0.3 is 0 Å². The Balaban J connectivity index is 2.37. The Morgan fingerprint density at radius 3 is 2.37 bits per heavy atom. The van der Waals surface area contributed by atoms with E-state index in [1.165, 1.54) is 5.56 Å². The molecule has 0 spiro atoms. The van der Waals surface area contributed by atoms with Crippen molar-refractivity contribution in [3.05, 3.63) is 23.8 Å². The Bertz CT molecular complexity index is 414. The van der Waals surface area contributed by atoms with Gasteiger partial charge in [0.05, 0.1) is 14.2 Å². The Kier molecular flexibility index (Phi) is 4.32. The summed E-state index contributed by atoms with van der Waals surface area (Å²) in [5.41, 5.74) is 1.32. The third-order valence-electron chi connectivity index (χ3n) is 3.85.